The first-order chi connectivity index (χ1) is 14.5. The lowest BCUT2D eigenvalue weighted by atomic mass is 10.1. The van der Waals surface area contributed by atoms with E-state index in [0.29, 0.717) is 25.5 Å². The van der Waals surface area contributed by atoms with Gasteiger partial charge in [0, 0.05) is 12.7 Å². The lowest BCUT2D eigenvalue weighted by Gasteiger charge is -2.32. The highest BCUT2D eigenvalue weighted by Gasteiger charge is 2.34. The largest absolute Gasteiger partial charge is 0.484 e. The van der Waals surface area contributed by atoms with Crippen molar-refractivity contribution in [3.63, 3.8) is 0 Å². The Balaban J connectivity index is 1.56. The lowest BCUT2D eigenvalue weighted by molar-refractivity contribution is -0.141. The molecule has 1 saturated heterocycles. The number of carbonyl (C=O) groups is 1. The van der Waals surface area contributed by atoms with E-state index >= 15 is 0 Å². The van der Waals surface area contributed by atoms with Crippen LogP contribution >= 0.6 is 0 Å². The number of likely N-dealkylation sites (tertiary alicyclic amines) is 1. The van der Waals surface area contributed by atoms with Crippen LogP contribution in [0.1, 0.15) is 24.1 Å². The zero-order chi connectivity index (χ0) is 22.6. The van der Waals surface area contributed by atoms with Gasteiger partial charge in [0.15, 0.2) is 12.3 Å². The predicted octanol–water partition coefficient (Wildman–Crippen LogP) is 3.96. The molecule has 2 heterocycles. The molecule has 0 N–H and O–H groups in total. The Morgan fingerprint density at radius 3 is 2.61 bits per heavy atom. The van der Waals surface area contributed by atoms with Gasteiger partial charge < -0.3 is 14.4 Å². The summed E-state index contributed by atoms with van der Waals surface area (Å²) in [5, 5.41) is 0. The number of rotatable bonds is 5. The number of benzene rings is 1. The molecule has 12 heteroatoms. The lowest BCUT2D eigenvalue weighted by Crippen LogP contribution is -2.46. The molecule has 1 atom stereocenters. The van der Waals surface area contributed by atoms with Gasteiger partial charge in [0.2, 0.25) is 0 Å². The smallest absolute Gasteiger partial charge is 0.433 e. The molecule has 1 aliphatic heterocycles. The molecule has 1 aromatic carbocycles. The Bertz CT molecular complexity index is 919. The molecule has 1 amide bonds. The van der Waals surface area contributed by atoms with Crippen molar-refractivity contribution in [1.29, 1.82) is 0 Å². The average Bonchev–Trinajstić information content (AvgIpc) is 2.71. The van der Waals surface area contributed by atoms with Crippen molar-refractivity contribution in [2.75, 3.05) is 19.7 Å². The first-order valence-corrected chi connectivity index (χ1v) is 9.17. The van der Waals surface area contributed by atoms with E-state index in [0.717, 1.165) is 18.3 Å². The van der Waals surface area contributed by atoms with E-state index in [1.165, 1.54) is 17.0 Å². The SMILES string of the molecule is O=C(COc1cccc(C(F)(F)F)c1)N1CCCC(Oc2nccc(C(F)(F)F)n2)C1. The zero-order valence-electron chi connectivity index (χ0n) is 15.9. The molecular weight excluding hydrogens is 432 g/mol. The molecule has 31 heavy (non-hydrogen) atoms. The topological polar surface area (TPSA) is 64.5 Å². The van der Waals surface area contributed by atoms with Gasteiger partial charge in [0.25, 0.3) is 5.91 Å². The summed E-state index contributed by atoms with van der Waals surface area (Å²) >= 11 is 0. The Hall–Kier alpha value is -3.05. The maximum absolute atomic E-state index is 12.8. The monoisotopic (exact) mass is 449 g/mol. The minimum Gasteiger partial charge on any atom is -0.484 e. The number of halogens is 6. The van der Waals surface area contributed by atoms with Crippen molar-refractivity contribution in [2.45, 2.75) is 31.3 Å². The molecular formula is C19H17F6N3O3. The number of amides is 1. The third-order valence-corrected chi connectivity index (χ3v) is 4.45. The maximum atomic E-state index is 12.8. The van der Waals surface area contributed by atoms with E-state index in [4.69, 9.17) is 9.47 Å². The minimum atomic E-state index is -4.64. The van der Waals surface area contributed by atoms with E-state index in [2.05, 4.69) is 9.97 Å². The average molecular weight is 449 g/mol. The maximum Gasteiger partial charge on any atom is 0.433 e. The molecule has 0 radical (unpaired) electrons. The number of nitrogens with zero attached hydrogens (tertiary/aromatic N) is 3. The normalized spacial score (nSPS) is 17.4. The van der Waals surface area contributed by atoms with Gasteiger partial charge >= 0.3 is 18.4 Å². The van der Waals surface area contributed by atoms with Crippen LogP contribution in [0.2, 0.25) is 0 Å². The van der Waals surface area contributed by atoms with Crippen LogP contribution in [-0.4, -0.2) is 46.6 Å². The fourth-order valence-corrected chi connectivity index (χ4v) is 2.96. The first-order valence-electron chi connectivity index (χ1n) is 9.17. The highest BCUT2D eigenvalue weighted by Crippen LogP contribution is 2.31. The molecule has 3 rings (SSSR count). The summed E-state index contributed by atoms with van der Waals surface area (Å²) < 4.78 is 87.1. The predicted molar refractivity (Wildman–Crippen MR) is 94.2 cm³/mol. The summed E-state index contributed by atoms with van der Waals surface area (Å²) in [7, 11) is 0. The zero-order valence-corrected chi connectivity index (χ0v) is 15.9. The summed E-state index contributed by atoms with van der Waals surface area (Å²) in [6.07, 6.45) is -7.89. The highest BCUT2D eigenvalue weighted by atomic mass is 19.4. The van der Waals surface area contributed by atoms with Crippen LogP contribution in [-0.2, 0) is 17.1 Å². The van der Waals surface area contributed by atoms with Gasteiger partial charge in [0.1, 0.15) is 11.9 Å². The Kier molecular flexibility index (Phi) is 6.56. The summed E-state index contributed by atoms with van der Waals surface area (Å²) in [6.45, 7) is -0.0768. The van der Waals surface area contributed by atoms with Gasteiger partial charge in [-0.2, -0.15) is 31.3 Å². The molecule has 1 unspecified atom stereocenters. The van der Waals surface area contributed by atoms with E-state index in [1.807, 2.05) is 0 Å². The second-order valence-corrected chi connectivity index (χ2v) is 6.76. The standard InChI is InChI=1S/C19H17F6N3O3/c20-18(21,22)12-3-1-4-13(9-12)30-11-16(29)28-8-2-5-14(10-28)31-17-26-7-6-15(27-17)19(23,24)25/h1,3-4,6-7,9,14H,2,5,8,10-11H2. The molecule has 0 aliphatic carbocycles. The third-order valence-electron chi connectivity index (χ3n) is 4.45. The number of ether oxygens (including phenoxy) is 2. The van der Waals surface area contributed by atoms with Crippen LogP contribution in [0.5, 0.6) is 11.8 Å². The second-order valence-electron chi connectivity index (χ2n) is 6.76. The fourth-order valence-electron chi connectivity index (χ4n) is 2.96. The Morgan fingerprint density at radius 2 is 1.90 bits per heavy atom. The molecule has 2 aromatic rings. The van der Waals surface area contributed by atoms with Gasteiger partial charge in [-0.15, -0.1) is 0 Å². The molecule has 6 nitrogen and oxygen atoms in total. The molecule has 1 fully saturated rings. The van der Waals surface area contributed by atoms with Crippen molar-refractivity contribution in [3.8, 4) is 11.8 Å². The number of carbonyl (C=O) groups excluding carboxylic acids is 1. The van der Waals surface area contributed by atoms with Gasteiger partial charge in [-0.05, 0) is 37.1 Å². The van der Waals surface area contributed by atoms with E-state index in [-0.39, 0.29) is 12.3 Å². The van der Waals surface area contributed by atoms with Crippen LogP contribution in [0.4, 0.5) is 26.3 Å². The van der Waals surface area contributed by atoms with Crippen molar-refractivity contribution >= 4 is 5.91 Å². The molecule has 0 bridgehead atoms. The number of piperidine rings is 1. The van der Waals surface area contributed by atoms with Crippen molar-refractivity contribution < 1.29 is 40.6 Å². The highest BCUT2D eigenvalue weighted by molar-refractivity contribution is 5.77. The molecule has 1 aliphatic rings. The van der Waals surface area contributed by atoms with Crippen LogP contribution in [0.25, 0.3) is 0 Å². The number of hydrogen-bond acceptors (Lipinski definition) is 5. The van der Waals surface area contributed by atoms with Crippen molar-refractivity contribution in [3.05, 3.63) is 47.8 Å². The molecule has 168 valence electrons. The summed E-state index contributed by atoms with van der Waals surface area (Å²) in [5.41, 5.74) is -2.04. The quantitative estimate of drug-likeness (QED) is 0.647. The van der Waals surface area contributed by atoms with Crippen molar-refractivity contribution in [1.82, 2.24) is 14.9 Å². The Morgan fingerprint density at radius 1 is 1.13 bits per heavy atom. The third kappa shape index (κ3) is 6.22. The number of aromatic nitrogens is 2. The van der Waals surface area contributed by atoms with Gasteiger partial charge in [-0.3, -0.25) is 4.79 Å². The molecule has 0 spiro atoms. The van der Waals surface area contributed by atoms with Gasteiger partial charge in [-0.1, -0.05) is 6.07 Å². The van der Waals surface area contributed by atoms with E-state index in [9.17, 15) is 31.1 Å². The van der Waals surface area contributed by atoms with Crippen molar-refractivity contribution in [2.24, 2.45) is 0 Å². The fraction of sp³-hybridized carbons (Fsp3) is 0.421. The summed E-state index contributed by atoms with van der Waals surface area (Å²) in [5.74, 6) is -0.596. The van der Waals surface area contributed by atoms with Gasteiger partial charge in [-0.25, -0.2) is 4.98 Å². The summed E-state index contributed by atoms with van der Waals surface area (Å²) in [4.78, 5) is 20.8. The van der Waals surface area contributed by atoms with Crippen LogP contribution in [0.3, 0.4) is 0 Å². The Labute approximate surface area is 172 Å². The second kappa shape index (κ2) is 8.98. The van der Waals surface area contributed by atoms with E-state index in [1.54, 1.807) is 0 Å². The van der Waals surface area contributed by atoms with Crippen LogP contribution in [0.15, 0.2) is 36.5 Å². The molecule has 1 aromatic heterocycles. The summed E-state index contributed by atoms with van der Waals surface area (Å²) in [6, 6.07) is 4.42. The van der Waals surface area contributed by atoms with Gasteiger partial charge in [0.05, 0.1) is 12.1 Å². The first kappa shape index (κ1) is 22.6. The number of hydrogen-bond donors (Lipinski definition) is 0. The van der Waals surface area contributed by atoms with Crippen LogP contribution in [0, 0.1) is 0 Å². The van der Waals surface area contributed by atoms with E-state index < -0.39 is 48.2 Å². The minimum absolute atomic E-state index is 0.0599. The molecule has 0 saturated carbocycles. The van der Waals surface area contributed by atoms with Crippen LogP contribution < -0.4 is 9.47 Å². The number of alkyl halides is 6.